The number of allylic oxidation sites excluding steroid dienone is 2. The van der Waals surface area contributed by atoms with E-state index >= 15 is 0 Å². The molecule has 0 N–H and O–H groups in total. The lowest BCUT2D eigenvalue weighted by atomic mass is 9.81. The van der Waals surface area contributed by atoms with Crippen LogP contribution in [0.3, 0.4) is 0 Å². The number of ketones is 2. The van der Waals surface area contributed by atoms with E-state index in [0.717, 1.165) is 60.8 Å². The van der Waals surface area contributed by atoms with Gasteiger partial charge in [-0.05, 0) is 72.6 Å². The van der Waals surface area contributed by atoms with Crippen LogP contribution in [0.15, 0.2) is 78.4 Å². The zero-order valence-electron chi connectivity index (χ0n) is 22.9. The minimum absolute atomic E-state index is 0.0390. The van der Waals surface area contributed by atoms with Crippen LogP contribution in [0.5, 0.6) is 0 Å². The SMILES string of the molecule is CCCCCC(=O)CCc1cccc(C2CC(c3ccc(F)cc3)C=C2C(=O)c2ccccc2C)c1CC. The van der Waals surface area contributed by atoms with Crippen molar-refractivity contribution in [2.24, 2.45) is 0 Å². The molecule has 0 saturated heterocycles. The molecule has 3 aromatic rings. The lowest BCUT2D eigenvalue weighted by Crippen LogP contribution is -2.13. The summed E-state index contributed by atoms with van der Waals surface area (Å²) in [5.74, 6) is 0.132. The van der Waals surface area contributed by atoms with Crippen molar-refractivity contribution in [3.63, 3.8) is 0 Å². The van der Waals surface area contributed by atoms with Gasteiger partial charge in [0.1, 0.15) is 11.6 Å². The third-order valence-corrected chi connectivity index (χ3v) is 7.97. The minimum Gasteiger partial charge on any atom is -0.300 e. The molecule has 0 radical (unpaired) electrons. The number of halogens is 1. The molecule has 0 bridgehead atoms. The summed E-state index contributed by atoms with van der Waals surface area (Å²) in [5, 5.41) is 0. The van der Waals surface area contributed by atoms with Crippen LogP contribution in [-0.2, 0) is 17.6 Å². The van der Waals surface area contributed by atoms with E-state index in [1.807, 2.05) is 43.3 Å². The van der Waals surface area contributed by atoms with Crippen LogP contribution in [0.2, 0.25) is 0 Å². The molecule has 38 heavy (non-hydrogen) atoms. The highest BCUT2D eigenvalue weighted by Gasteiger charge is 2.34. The van der Waals surface area contributed by atoms with Crippen LogP contribution < -0.4 is 0 Å². The molecule has 2 unspecified atom stereocenters. The van der Waals surface area contributed by atoms with Crippen LogP contribution in [0.25, 0.3) is 0 Å². The molecule has 0 fully saturated rings. The lowest BCUT2D eigenvalue weighted by Gasteiger charge is -2.22. The number of benzene rings is 3. The number of Topliss-reactive ketones (excluding diaryl/α,β-unsaturated/α-hetero) is 2. The number of rotatable bonds is 12. The number of aryl methyl sites for hydroxylation is 2. The fourth-order valence-electron chi connectivity index (χ4n) is 5.85. The number of unbranched alkanes of at least 4 members (excludes halogenated alkanes) is 2. The molecular weight excluding hydrogens is 471 g/mol. The molecule has 1 aliphatic carbocycles. The van der Waals surface area contributed by atoms with Gasteiger partial charge < -0.3 is 0 Å². The van der Waals surface area contributed by atoms with Gasteiger partial charge in [0, 0.05) is 35.8 Å². The molecule has 198 valence electrons. The lowest BCUT2D eigenvalue weighted by molar-refractivity contribution is -0.119. The molecule has 0 aromatic heterocycles. The Morgan fingerprint density at radius 1 is 0.895 bits per heavy atom. The standard InChI is InChI=1S/C35H39FO2/c1-4-6-7-13-29(37)21-18-26-12-10-15-32(30(26)5-2)33-22-27(25-16-19-28(36)20-17-25)23-34(33)35(38)31-14-9-8-11-24(31)3/h8-12,14-17,19-20,23,27,33H,4-7,13,18,21-22H2,1-3H3. The van der Waals surface area contributed by atoms with Crippen molar-refractivity contribution in [1.82, 2.24) is 0 Å². The molecular formula is C35H39FO2. The maximum Gasteiger partial charge on any atom is 0.189 e. The molecule has 0 heterocycles. The molecule has 3 heteroatoms. The van der Waals surface area contributed by atoms with Crippen molar-refractivity contribution in [3.8, 4) is 0 Å². The van der Waals surface area contributed by atoms with Crippen molar-refractivity contribution in [2.45, 2.75) is 84.0 Å². The van der Waals surface area contributed by atoms with Gasteiger partial charge in [0.15, 0.2) is 5.78 Å². The molecule has 3 aromatic carbocycles. The van der Waals surface area contributed by atoms with Gasteiger partial charge in [0.2, 0.25) is 0 Å². The van der Waals surface area contributed by atoms with Crippen molar-refractivity contribution < 1.29 is 14.0 Å². The second kappa shape index (κ2) is 13.0. The zero-order valence-corrected chi connectivity index (χ0v) is 22.9. The zero-order chi connectivity index (χ0) is 27.1. The third kappa shape index (κ3) is 6.38. The second-order valence-electron chi connectivity index (χ2n) is 10.5. The Labute approximate surface area is 227 Å². The van der Waals surface area contributed by atoms with Crippen LogP contribution in [0.4, 0.5) is 4.39 Å². The molecule has 2 nitrogen and oxygen atoms in total. The molecule has 4 rings (SSSR count). The van der Waals surface area contributed by atoms with Gasteiger partial charge in [-0.15, -0.1) is 0 Å². The van der Waals surface area contributed by atoms with E-state index in [4.69, 9.17) is 0 Å². The summed E-state index contributed by atoms with van der Waals surface area (Å²) in [5.41, 5.74) is 7.18. The van der Waals surface area contributed by atoms with Crippen molar-refractivity contribution in [1.29, 1.82) is 0 Å². The first-order valence-electron chi connectivity index (χ1n) is 14.1. The Morgan fingerprint density at radius 2 is 1.66 bits per heavy atom. The van der Waals surface area contributed by atoms with Crippen molar-refractivity contribution >= 4 is 11.6 Å². The molecule has 0 amide bonds. The van der Waals surface area contributed by atoms with E-state index in [0.29, 0.717) is 18.6 Å². The minimum atomic E-state index is -0.256. The Hall–Kier alpha value is -3.33. The van der Waals surface area contributed by atoms with Gasteiger partial charge in [0.05, 0.1) is 0 Å². The average Bonchev–Trinajstić information content (AvgIpc) is 3.37. The highest BCUT2D eigenvalue weighted by molar-refractivity contribution is 6.11. The topological polar surface area (TPSA) is 34.1 Å². The van der Waals surface area contributed by atoms with E-state index in [9.17, 15) is 14.0 Å². The number of carbonyl (C=O) groups is 2. The highest BCUT2D eigenvalue weighted by Crippen LogP contribution is 2.46. The molecule has 1 aliphatic rings. The van der Waals surface area contributed by atoms with Crippen molar-refractivity contribution in [3.05, 3.63) is 118 Å². The summed E-state index contributed by atoms with van der Waals surface area (Å²) in [7, 11) is 0. The van der Waals surface area contributed by atoms with Gasteiger partial charge in [-0.25, -0.2) is 4.39 Å². The van der Waals surface area contributed by atoms with Gasteiger partial charge in [-0.1, -0.05) is 87.4 Å². The Morgan fingerprint density at radius 3 is 2.37 bits per heavy atom. The van der Waals surface area contributed by atoms with Gasteiger partial charge in [0.25, 0.3) is 0 Å². The van der Waals surface area contributed by atoms with E-state index in [1.54, 1.807) is 0 Å². The third-order valence-electron chi connectivity index (χ3n) is 7.97. The predicted octanol–water partition coefficient (Wildman–Crippen LogP) is 8.86. The first-order chi connectivity index (χ1) is 18.4. The largest absolute Gasteiger partial charge is 0.300 e. The molecule has 2 atom stereocenters. The smallest absolute Gasteiger partial charge is 0.189 e. The summed E-state index contributed by atoms with van der Waals surface area (Å²) >= 11 is 0. The monoisotopic (exact) mass is 510 g/mol. The van der Waals surface area contributed by atoms with Crippen LogP contribution >= 0.6 is 0 Å². The summed E-state index contributed by atoms with van der Waals surface area (Å²) in [6, 6.07) is 20.8. The maximum atomic E-state index is 13.9. The summed E-state index contributed by atoms with van der Waals surface area (Å²) < 4.78 is 13.7. The van der Waals surface area contributed by atoms with E-state index < -0.39 is 0 Å². The van der Waals surface area contributed by atoms with E-state index in [2.05, 4.69) is 38.1 Å². The van der Waals surface area contributed by atoms with E-state index in [1.165, 1.54) is 28.8 Å². The normalized spacial score (nSPS) is 16.9. The molecule has 0 aliphatic heterocycles. The number of hydrogen-bond acceptors (Lipinski definition) is 2. The fourth-order valence-corrected chi connectivity index (χ4v) is 5.85. The maximum absolute atomic E-state index is 13.9. The Bertz CT molecular complexity index is 1300. The fraction of sp³-hybridized carbons (Fsp3) is 0.371. The molecule has 0 spiro atoms. The first kappa shape index (κ1) is 27.7. The highest BCUT2D eigenvalue weighted by atomic mass is 19.1. The number of carbonyl (C=O) groups excluding carboxylic acids is 2. The van der Waals surface area contributed by atoms with Crippen molar-refractivity contribution in [2.75, 3.05) is 0 Å². The quantitative estimate of drug-likeness (QED) is 0.180. The Kier molecular flexibility index (Phi) is 9.44. The summed E-state index contributed by atoms with van der Waals surface area (Å²) in [6.45, 7) is 6.29. The van der Waals surface area contributed by atoms with Crippen LogP contribution in [0, 0.1) is 12.7 Å². The first-order valence-corrected chi connectivity index (χ1v) is 14.1. The average molecular weight is 511 g/mol. The summed E-state index contributed by atoms with van der Waals surface area (Å²) in [6.07, 6.45) is 8.87. The van der Waals surface area contributed by atoms with Crippen LogP contribution in [0.1, 0.15) is 102 Å². The summed E-state index contributed by atoms with van der Waals surface area (Å²) in [4.78, 5) is 26.4. The predicted molar refractivity (Wildman–Crippen MR) is 153 cm³/mol. The number of hydrogen-bond donors (Lipinski definition) is 0. The van der Waals surface area contributed by atoms with E-state index in [-0.39, 0.29) is 23.4 Å². The second-order valence-corrected chi connectivity index (χ2v) is 10.5. The van der Waals surface area contributed by atoms with Crippen LogP contribution in [-0.4, -0.2) is 11.6 Å². The van der Waals surface area contributed by atoms with Gasteiger partial charge in [-0.2, -0.15) is 0 Å². The molecule has 0 saturated carbocycles. The Balaban J connectivity index is 1.67. The van der Waals surface area contributed by atoms with Gasteiger partial charge in [-0.3, -0.25) is 9.59 Å². The van der Waals surface area contributed by atoms with Gasteiger partial charge >= 0.3 is 0 Å².